The van der Waals surface area contributed by atoms with Crippen LogP contribution in [-0.2, 0) is 10.0 Å². The molecule has 2 rings (SSSR count). The molecule has 1 aliphatic rings. The molecule has 1 aromatic heterocycles. The Balaban J connectivity index is 2.01. The van der Waals surface area contributed by atoms with E-state index in [-0.39, 0.29) is 4.90 Å². The minimum absolute atomic E-state index is 0.254. The fourth-order valence-corrected chi connectivity index (χ4v) is 3.55. The number of nitrogens with zero attached hydrogens (tertiary/aromatic N) is 2. The predicted octanol–water partition coefficient (Wildman–Crippen LogP) is 0.0298. The topological polar surface area (TPSA) is 78.1 Å². The highest BCUT2D eigenvalue weighted by atomic mass is 32.2. The van der Waals surface area contributed by atoms with E-state index in [0.29, 0.717) is 19.0 Å². The van der Waals surface area contributed by atoms with E-state index in [4.69, 9.17) is 0 Å². The normalized spacial score (nSPS) is 19.6. The summed E-state index contributed by atoms with van der Waals surface area (Å²) >= 11 is 0. The van der Waals surface area contributed by atoms with Gasteiger partial charge in [0.2, 0.25) is 10.0 Å². The van der Waals surface area contributed by atoms with Crippen molar-refractivity contribution in [3.05, 3.63) is 12.4 Å². The van der Waals surface area contributed by atoms with Gasteiger partial charge in [-0.3, -0.25) is 5.10 Å². The lowest BCUT2D eigenvalue weighted by atomic mass is 9.98. The molecule has 1 aromatic rings. The van der Waals surface area contributed by atoms with Crippen LogP contribution in [0.3, 0.4) is 0 Å². The first-order valence-electron chi connectivity index (χ1n) is 5.78. The van der Waals surface area contributed by atoms with Crippen molar-refractivity contribution in [2.75, 3.05) is 26.7 Å². The fraction of sp³-hybridized carbons (Fsp3) is 0.700. The highest BCUT2D eigenvalue weighted by Gasteiger charge is 2.29. The van der Waals surface area contributed by atoms with Gasteiger partial charge >= 0.3 is 0 Å². The zero-order valence-corrected chi connectivity index (χ0v) is 10.7. The molecule has 0 bridgehead atoms. The molecule has 7 heteroatoms. The molecule has 0 saturated carbocycles. The third-order valence-corrected chi connectivity index (χ3v) is 5.04. The van der Waals surface area contributed by atoms with Crippen LogP contribution in [-0.4, -0.2) is 49.6 Å². The summed E-state index contributed by atoms with van der Waals surface area (Å²) in [5.41, 5.74) is 0. The third kappa shape index (κ3) is 2.67. The first-order chi connectivity index (χ1) is 8.14. The van der Waals surface area contributed by atoms with Crippen LogP contribution in [0.4, 0.5) is 0 Å². The van der Waals surface area contributed by atoms with Gasteiger partial charge in [-0.05, 0) is 32.4 Å². The van der Waals surface area contributed by atoms with Crippen LogP contribution in [0.5, 0.6) is 0 Å². The second kappa shape index (κ2) is 5.16. The Bertz CT molecular complexity index is 435. The molecule has 17 heavy (non-hydrogen) atoms. The zero-order chi connectivity index (χ0) is 12.3. The quantitative estimate of drug-likeness (QED) is 0.798. The second-order valence-electron chi connectivity index (χ2n) is 4.34. The Kier molecular flexibility index (Phi) is 3.80. The van der Waals surface area contributed by atoms with E-state index in [2.05, 4.69) is 15.5 Å². The molecule has 0 amide bonds. The molecule has 96 valence electrons. The molecule has 1 saturated heterocycles. The van der Waals surface area contributed by atoms with Gasteiger partial charge in [-0.25, -0.2) is 8.42 Å². The van der Waals surface area contributed by atoms with Crippen LogP contribution in [0.15, 0.2) is 17.3 Å². The predicted molar refractivity (Wildman–Crippen MR) is 64.0 cm³/mol. The number of aromatic nitrogens is 2. The summed E-state index contributed by atoms with van der Waals surface area (Å²) < 4.78 is 25.9. The average Bonchev–Trinajstić information content (AvgIpc) is 2.84. The van der Waals surface area contributed by atoms with E-state index in [0.717, 1.165) is 19.4 Å². The molecule has 2 N–H and O–H groups in total. The molecule has 0 unspecified atom stereocenters. The Morgan fingerprint density at radius 3 is 2.76 bits per heavy atom. The SMILES string of the molecule is CNCC1CCN(S(=O)(=O)c2cn[nH]c2)CC1. The van der Waals surface area contributed by atoms with Crippen LogP contribution in [0.2, 0.25) is 0 Å². The largest absolute Gasteiger partial charge is 0.319 e. The summed E-state index contributed by atoms with van der Waals surface area (Å²) in [4.78, 5) is 0.254. The number of rotatable bonds is 4. The van der Waals surface area contributed by atoms with E-state index < -0.39 is 10.0 Å². The van der Waals surface area contributed by atoms with Crippen molar-refractivity contribution < 1.29 is 8.42 Å². The molecule has 0 atom stereocenters. The number of aromatic amines is 1. The highest BCUT2D eigenvalue weighted by Crippen LogP contribution is 2.22. The molecular weight excluding hydrogens is 240 g/mol. The maximum absolute atomic E-state index is 12.2. The second-order valence-corrected chi connectivity index (χ2v) is 6.28. The van der Waals surface area contributed by atoms with Crippen molar-refractivity contribution in [3.63, 3.8) is 0 Å². The highest BCUT2D eigenvalue weighted by molar-refractivity contribution is 7.89. The molecule has 1 aliphatic heterocycles. The van der Waals surface area contributed by atoms with Gasteiger partial charge in [-0.15, -0.1) is 0 Å². The van der Waals surface area contributed by atoms with E-state index >= 15 is 0 Å². The zero-order valence-electron chi connectivity index (χ0n) is 9.89. The number of sulfonamides is 1. The van der Waals surface area contributed by atoms with Gasteiger partial charge in [0.25, 0.3) is 0 Å². The summed E-state index contributed by atoms with van der Waals surface area (Å²) in [6.45, 7) is 2.15. The van der Waals surface area contributed by atoms with Gasteiger partial charge < -0.3 is 5.32 Å². The molecule has 1 fully saturated rings. The Morgan fingerprint density at radius 1 is 1.53 bits per heavy atom. The standard InChI is InChI=1S/C10H18N4O2S/c1-11-6-9-2-4-14(5-3-9)17(15,16)10-7-12-13-8-10/h7-9,11H,2-6H2,1H3,(H,12,13). The van der Waals surface area contributed by atoms with Gasteiger partial charge in [-0.2, -0.15) is 9.40 Å². The average molecular weight is 258 g/mol. The number of nitrogens with one attached hydrogen (secondary N) is 2. The summed E-state index contributed by atoms with van der Waals surface area (Å²) in [5.74, 6) is 0.579. The lowest BCUT2D eigenvalue weighted by molar-refractivity contribution is 0.270. The maximum atomic E-state index is 12.2. The van der Waals surface area contributed by atoms with Crippen LogP contribution in [0.25, 0.3) is 0 Å². The van der Waals surface area contributed by atoms with Gasteiger partial charge in [-0.1, -0.05) is 0 Å². The molecule has 0 spiro atoms. The number of hydrogen-bond donors (Lipinski definition) is 2. The molecule has 6 nitrogen and oxygen atoms in total. The summed E-state index contributed by atoms with van der Waals surface area (Å²) in [7, 11) is -1.41. The van der Waals surface area contributed by atoms with Crippen molar-refractivity contribution in [1.82, 2.24) is 19.8 Å². The smallest absolute Gasteiger partial charge is 0.246 e. The first kappa shape index (κ1) is 12.5. The molecule has 2 heterocycles. The third-order valence-electron chi connectivity index (χ3n) is 3.18. The minimum atomic E-state index is -3.34. The monoisotopic (exact) mass is 258 g/mol. The first-order valence-corrected chi connectivity index (χ1v) is 7.22. The lowest BCUT2D eigenvalue weighted by Crippen LogP contribution is -2.40. The maximum Gasteiger partial charge on any atom is 0.246 e. The van der Waals surface area contributed by atoms with Crippen molar-refractivity contribution in [1.29, 1.82) is 0 Å². The molecule has 0 aromatic carbocycles. The van der Waals surface area contributed by atoms with Crippen molar-refractivity contribution >= 4 is 10.0 Å². The number of hydrogen-bond acceptors (Lipinski definition) is 4. The van der Waals surface area contributed by atoms with Crippen molar-refractivity contribution in [2.45, 2.75) is 17.7 Å². The molecule has 0 radical (unpaired) electrons. The molecule has 0 aliphatic carbocycles. The van der Waals surface area contributed by atoms with Crippen molar-refractivity contribution in [2.24, 2.45) is 5.92 Å². The van der Waals surface area contributed by atoms with Gasteiger partial charge in [0, 0.05) is 19.3 Å². The summed E-state index contributed by atoms with van der Waals surface area (Å²) in [5, 5.41) is 9.36. The number of piperidine rings is 1. The van der Waals surface area contributed by atoms with E-state index in [1.165, 1.54) is 12.4 Å². The van der Waals surface area contributed by atoms with Crippen molar-refractivity contribution in [3.8, 4) is 0 Å². The van der Waals surface area contributed by atoms with Crippen LogP contribution in [0.1, 0.15) is 12.8 Å². The van der Waals surface area contributed by atoms with Gasteiger partial charge in [0.05, 0.1) is 6.20 Å². The van der Waals surface area contributed by atoms with E-state index in [1.807, 2.05) is 7.05 Å². The fourth-order valence-electron chi connectivity index (χ4n) is 2.17. The van der Waals surface area contributed by atoms with Crippen LogP contribution < -0.4 is 5.32 Å². The number of H-pyrrole nitrogens is 1. The molecular formula is C10H18N4O2S. The van der Waals surface area contributed by atoms with E-state index in [9.17, 15) is 8.42 Å². The Morgan fingerprint density at radius 2 is 2.24 bits per heavy atom. The Labute approximate surface area is 101 Å². The van der Waals surface area contributed by atoms with Gasteiger partial charge in [0.15, 0.2) is 0 Å². The summed E-state index contributed by atoms with van der Waals surface area (Å²) in [6, 6.07) is 0. The minimum Gasteiger partial charge on any atom is -0.319 e. The van der Waals surface area contributed by atoms with Gasteiger partial charge in [0.1, 0.15) is 4.90 Å². The lowest BCUT2D eigenvalue weighted by Gasteiger charge is -2.30. The Hall–Kier alpha value is -0.920. The van der Waals surface area contributed by atoms with E-state index in [1.54, 1.807) is 4.31 Å². The van der Waals surface area contributed by atoms with Crippen LogP contribution >= 0.6 is 0 Å². The summed E-state index contributed by atoms with van der Waals surface area (Å²) in [6.07, 6.45) is 4.61. The van der Waals surface area contributed by atoms with Crippen LogP contribution in [0, 0.1) is 5.92 Å².